The van der Waals surface area contributed by atoms with Gasteiger partial charge in [0.15, 0.2) is 0 Å². The molecule has 0 spiro atoms. The van der Waals surface area contributed by atoms with E-state index in [1.807, 2.05) is 0 Å². The number of halogens is 3. The van der Waals surface area contributed by atoms with Crippen molar-refractivity contribution in [3.63, 3.8) is 0 Å². The summed E-state index contributed by atoms with van der Waals surface area (Å²) in [7, 11) is 0. The zero-order chi connectivity index (χ0) is 17.0. The molecule has 1 fully saturated rings. The molecule has 23 heavy (non-hydrogen) atoms. The number of nitriles is 1. The van der Waals surface area contributed by atoms with Gasteiger partial charge in [0.2, 0.25) is 5.91 Å². The van der Waals surface area contributed by atoms with Crippen molar-refractivity contribution in [2.45, 2.75) is 25.9 Å². The van der Waals surface area contributed by atoms with E-state index in [1.165, 1.54) is 6.07 Å². The van der Waals surface area contributed by atoms with Gasteiger partial charge in [-0.25, -0.2) is 0 Å². The zero-order valence-electron chi connectivity index (χ0n) is 12.8. The molecule has 1 N–H and O–H groups in total. The van der Waals surface area contributed by atoms with Gasteiger partial charge in [0.1, 0.15) is 0 Å². The first-order valence-electron chi connectivity index (χ1n) is 7.48. The Bertz CT molecular complexity index is 618. The SMILES string of the molecule is CCN(CC(=O)NCC1CC1)c1ccc(C#N)c(C(F)(F)F)c1. The summed E-state index contributed by atoms with van der Waals surface area (Å²) in [5.41, 5.74) is -1.12. The fourth-order valence-electron chi connectivity index (χ4n) is 2.26. The summed E-state index contributed by atoms with van der Waals surface area (Å²) in [6.07, 6.45) is -2.38. The number of carbonyl (C=O) groups is 1. The van der Waals surface area contributed by atoms with Crippen LogP contribution in [0.2, 0.25) is 0 Å². The number of alkyl halides is 3. The van der Waals surface area contributed by atoms with Crippen molar-refractivity contribution in [3.05, 3.63) is 29.3 Å². The number of hydrogen-bond acceptors (Lipinski definition) is 3. The topological polar surface area (TPSA) is 56.1 Å². The second-order valence-corrected chi connectivity index (χ2v) is 5.60. The molecule has 0 aliphatic heterocycles. The normalized spacial score (nSPS) is 14.2. The second kappa shape index (κ2) is 6.90. The molecule has 1 aromatic rings. The molecule has 1 saturated carbocycles. The van der Waals surface area contributed by atoms with Crippen LogP contribution in [0, 0.1) is 17.2 Å². The fraction of sp³-hybridized carbons (Fsp3) is 0.500. The lowest BCUT2D eigenvalue weighted by molar-refractivity contribution is -0.137. The van der Waals surface area contributed by atoms with Crippen molar-refractivity contribution >= 4 is 11.6 Å². The number of likely N-dealkylation sites (N-methyl/N-ethyl adjacent to an activating group) is 1. The predicted molar refractivity (Wildman–Crippen MR) is 79.8 cm³/mol. The molecular formula is C16H18F3N3O. The predicted octanol–water partition coefficient (Wildman–Crippen LogP) is 2.93. The van der Waals surface area contributed by atoms with Crippen molar-refractivity contribution in [1.29, 1.82) is 5.26 Å². The maximum absolute atomic E-state index is 13.0. The number of anilines is 1. The first kappa shape index (κ1) is 17.1. The highest BCUT2D eigenvalue weighted by atomic mass is 19.4. The average Bonchev–Trinajstić information content (AvgIpc) is 3.33. The van der Waals surface area contributed by atoms with Crippen LogP contribution >= 0.6 is 0 Å². The summed E-state index contributed by atoms with van der Waals surface area (Å²) in [5, 5.41) is 11.6. The Balaban J connectivity index is 2.13. The van der Waals surface area contributed by atoms with E-state index < -0.39 is 17.3 Å². The Labute approximate surface area is 132 Å². The molecule has 1 aromatic carbocycles. The molecule has 0 aromatic heterocycles. The van der Waals surface area contributed by atoms with E-state index in [1.54, 1.807) is 17.9 Å². The Hall–Kier alpha value is -2.23. The maximum atomic E-state index is 13.0. The lowest BCUT2D eigenvalue weighted by Crippen LogP contribution is -2.38. The van der Waals surface area contributed by atoms with Gasteiger partial charge in [0.05, 0.1) is 23.7 Å². The number of nitrogens with zero attached hydrogens (tertiary/aromatic N) is 2. The zero-order valence-corrected chi connectivity index (χ0v) is 12.8. The van der Waals surface area contributed by atoms with Crippen molar-refractivity contribution in [2.75, 3.05) is 24.5 Å². The molecule has 4 nitrogen and oxygen atoms in total. The van der Waals surface area contributed by atoms with Gasteiger partial charge in [-0.3, -0.25) is 4.79 Å². The third kappa shape index (κ3) is 4.62. The lowest BCUT2D eigenvalue weighted by atomic mass is 10.1. The quantitative estimate of drug-likeness (QED) is 0.875. The van der Waals surface area contributed by atoms with E-state index >= 15 is 0 Å². The molecule has 1 aliphatic rings. The molecule has 7 heteroatoms. The molecule has 2 rings (SSSR count). The molecule has 0 heterocycles. The summed E-state index contributed by atoms with van der Waals surface area (Å²) in [5.74, 6) is 0.331. The van der Waals surface area contributed by atoms with Crippen LogP contribution in [0.25, 0.3) is 0 Å². The van der Waals surface area contributed by atoms with Gasteiger partial charge in [0.25, 0.3) is 0 Å². The van der Waals surface area contributed by atoms with E-state index in [0.717, 1.165) is 25.0 Å². The van der Waals surface area contributed by atoms with Crippen molar-refractivity contribution < 1.29 is 18.0 Å². The Morgan fingerprint density at radius 1 is 1.43 bits per heavy atom. The van der Waals surface area contributed by atoms with E-state index in [2.05, 4.69) is 5.32 Å². The smallest absolute Gasteiger partial charge is 0.362 e. The third-order valence-corrected chi connectivity index (χ3v) is 3.80. The Morgan fingerprint density at radius 3 is 2.65 bits per heavy atom. The lowest BCUT2D eigenvalue weighted by Gasteiger charge is -2.23. The summed E-state index contributed by atoms with van der Waals surface area (Å²) >= 11 is 0. The van der Waals surface area contributed by atoms with Gasteiger partial charge in [-0.2, -0.15) is 18.4 Å². The van der Waals surface area contributed by atoms with Crippen LogP contribution in [0.4, 0.5) is 18.9 Å². The fourth-order valence-corrected chi connectivity index (χ4v) is 2.26. The standard InChI is InChI=1S/C16H18F3N3O/c1-2-22(10-15(23)21-9-11-3-4-11)13-6-5-12(8-20)14(7-13)16(17,18)19/h5-7,11H,2-4,9-10H2,1H3,(H,21,23). The van der Waals surface area contributed by atoms with E-state index in [4.69, 9.17) is 5.26 Å². The largest absolute Gasteiger partial charge is 0.417 e. The van der Waals surface area contributed by atoms with Gasteiger partial charge in [-0.15, -0.1) is 0 Å². The van der Waals surface area contributed by atoms with E-state index in [0.29, 0.717) is 19.0 Å². The van der Waals surface area contributed by atoms with Crippen LogP contribution < -0.4 is 10.2 Å². The average molecular weight is 325 g/mol. The highest BCUT2D eigenvalue weighted by Gasteiger charge is 2.34. The van der Waals surface area contributed by atoms with Crippen molar-refractivity contribution in [2.24, 2.45) is 5.92 Å². The molecular weight excluding hydrogens is 307 g/mol. The molecule has 124 valence electrons. The molecule has 0 unspecified atom stereocenters. The Kier molecular flexibility index (Phi) is 5.14. The second-order valence-electron chi connectivity index (χ2n) is 5.60. The van der Waals surface area contributed by atoms with Crippen LogP contribution in [0.15, 0.2) is 18.2 Å². The minimum atomic E-state index is -4.60. The number of rotatable bonds is 6. The summed E-state index contributed by atoms with van der Waals surface area (Å²) in [6, 6.07) is 5.05. The van der Waals surface area contributed by atoms with Crippen molar-refractivity contribution in [1.82, 2.24) is 5.32 Å². The van der Waals surface area contributed by atoms with Crippen molar-refractivity contribution in [3.8, 4) is 6.07 Å². The molecule has 1 amide bonds. The number of nitrogens with one attached hydrogen (secondary N) is 1. The number of carbonyl (C=O) groups excluding carboxylic acids is 1. The van der Waals surface area contributed by atoms with Crippen LogP contribution in [-0.2, 0) is 11.0 Å². The van der Waals surface area contributed by atoms with Crippen LogP contribution in [-0.4, -0.2) is 25.5 Å². The highest BCUT2D eigenvalue weighted by Crippen LogP contribution is 2.34. The van der Waals surface area contributed by atoms with Gasteiger partial charge in [-0.1, -0.05) is 0 Å². The minimum absolute atomic E-state index is 0.00752. The van der Waals surface area contributed by atoms with Crippen LogP contribution in [0.1, 0.15) is 30.9 Å². The number of hydrogen-bond donors (Lipinski definition) is 1. The van der Waals surface area contributed by atoms with Gasteiger partial charge < -0.3 is 10.2 Å². The maximum Gasteiger partial charge on any atom is 0.417 e. The van der Waals surface area contributed by atoms with E-state index in [9.17, 15) is 18.0 Å². The Morgan fingerprint density at radius 2 is 2.13 bits per heavy atom. The molecule has 1 aliphatic carbocycles. The molecule has 0 saturated heterocycles. The number of benzene rings is 1. The molecule has 0 atom stereocenters. The number of amides is 1. The molecule has 0 radical (unpaired) electrons. The minimum Gasteiger partial charge on any atom is -0.362 e. The first-order chi connectivity index (χ1) is 10.8. The van der Waals surface area contributed by atoms with E-state index in [-0.39, 0.29) is 18.1 Å². The molecule has 0 bridgehead atoms. The van der Waals surface area contributed by atoms with Gasteiger partial charge in [-0.05, 0) is 43.9 Å². The highest BCUT2D eigenvalue weighted by molar-refractivity contribution is 5.81. The summed E-state index contributed by atoms with van der Waals surface area (Å²) in [6.45, 7) is 2.77. The van der Waals surface area contributed by atoms with Gasteiger partial charge in [0, 0.05) is 18.8 Å². The van der Waals surface area contributed by atoms with Crippen LogP contribution in [0.3, 0.4) is 0 Å². The van der Waals surface area contributed by atoms with Crippen LogP contribution in [0.5, 0.6) is 0 Å². The van der Waals surface area contributed by atoms with Gasteiger partial charge >= 0.3 is 6.18 Å². The summed E-state index contributed by atoms with van der Waals surface area (Å²) < 4.78 is 39.0. The first-order valence-corrected chi connectivity index (χ1v) is 7.48. The monoisotopic (exact) mass is 325 g/mol. The summed E-state index contributed by atoms with van der Waals surface area (Å²) in [4.78, 5) is 13.4. The third-order valence-electron chi connectivity index (χ3n) is 3.80.